The molecule has 20 heteroatoms. The van der Waals surface area contributed by atoms with E-state index in [0.29, 0.717) is 44.8 Å². The average molecular weight is 935 g/mol. The van der Waals surface area contributed by atoms with Crippen molar-refractivity contribution < 1.29 is 62.2 Å². The first-order chi connectivity index (χ1) is 30.9. The number of carbonyl (C=O) groups excluding carboxylic acids is 6. The fraction of sp³-hybridized carbons (Fsp3) is 0.667. The van der Waals surface area contributed by atoms with Crippen molar-refractivity contribution in [3.63, 3.8) is 0 Å². The first-order valence-corrected chi connectivity index (χ1v) is 24.2. The van der Waals surface area contributed by atoms with Crippen molar-refractivity contribution >= 4 is 43.0 Å². The van der Waals surface area contributed by atoms with E-state index in [2.05, 4.69) is 32.3 Å². The molecule has 3 rings (SSSR count). The summed E-state index contributed by atoms with van der Waals surface area (Å²) in [6, 6.07) is 6.91. The Bertz CT molecular complexity index is 1860. The second kappa shape index (κ2) is 28.6. The van der Waals surface area contributed by atoms with Crippen LogP contribution in [-0.4, -0.2) is 129 Å². The summed E-state index contributed by atoms with van der Waals surface area (Å²) in [5, 5.41) is 15.7. The number of likely N-dealkylation sites (tertiary alicyclic amines) is 1. The number of primary amides is 1. The molecule has 1 aliphatic heterocycles. The van der Waals surface area contributed by atoms with Gasteiger partial charge in [0.25, 0.3) is 0 Å². The molecule has 1 aromatic heterocycles. The van der Waals surface area contributed by atoms with Gasteiger partial charge in [0.1, 0.15) is 12.1 Å². The Morgan fingerprint density at radius 1 is 0.923 bits per heavy atom. The maximum atomic E-state index is 14.3. The Labute approximate surface area is 382 Å². The van der Waals surface area contributed by atoms with Gasteiger partial charge in [0.15, 0.2) is 11.6 Å². The number of unbranched alkanes of at least 4 members (excludes halogenated alkanes) is 4. The van der Waals surface area contributed by atoms with Gasteiger partial charge in [-0.3, -0.25) is 33.3 Å². The maximum Gasteiger partial charge on any atom is 0.469 e. The van der Waals surface area contributed by atoms with Crippen molar-refractivity contribution in [1.82, 2.24) is 25.1 Å². The summed E-state index contributed by atoms with van der Waals surface area (Å²) < 4.78 is 28.4. The van der Waals surface area contributed by atoms with E-state index in [1.807, 2.05) is 36.6 Å². The molecule has 6 atom stereocenters. The Kier molecular flexibility index (Phi) is 24.2. The highest BCUT2D eigenvalue weighted by Crippen LogP contribution is 2.39. The van der Waals surface area contributed by atoms with Crippen LogP contribution in [0.2, 0.25) is 0 Å². The van der Waals surface area contributed by atoms with Crippen molar-refractivity contribution in [2.24, 2.45) is 23.5 Å². The zero-order valence-corrected chi connectivity index (χ0v) is 39.2. The number of phosphoric ester groups is 1. The summed E-state index contributed by atoms with van der Waals surface area (Å²) in [5.74, 6) is -6.64. The summed E-state index contributed by atoms with van der Waals surface area (Å²) in [4.78, 5) is 105. The summed E-state index contributed by atoms with van der Waals surface area (Å²) in [6.07, 6.45) is 7.95. The van der Waals surface area contributed by atoms with E-state index in [1.165, 1.54) is 10.5 Å². The Balaban J connectivity index is 1.78. The normalized spacial score (nSPS) is 16.4. The number of ketones is 2. The van der Waals surface area contributed by atoms with Crippen LogP contribution in [0, 0.1) is 17.8 Å². The van der Waals surface area contributed by atoms with Gasteiger partial charge in [-0.25, -0.2) is 9.55 Å². The number of nitrogens with one attached hydrogen (secondary N) is 2. The predicted octanol–water partition coefficient (Wildman–Crippen LogP) is 2.80. The van der Waals surface area contributed by atoms with Gasteiger partial charge in [-0.1, -0.05) is 63.4 Å². The number of aromatic nitrogens is 2. The molecule has 0 spiro atoms. The number of hydrogen-bond acceptors (Lipinski definition) is 12. The lowest BCUT2D eigenvalue weighted by Gasteiger charge is -2.28. The van der Waals surface area contributed by atoms with Crippen LogP contribution in [0.15, 0.2) is 42.9 Å². The van der Waals surface area contributed by atoms with Gasteiger partial charge in [0.2, 0.25) is 23.6 Å². The molecule has 1 aromatic carbocycles. The van der Waals surface area contributed by atoms with Crippen molar-refractivity contribution in [3.8, 4) is 0 Å². The molecule has 0 bridgehead atoms. The van der Waals surface area contributed by atoms with Crippen LogP contribution in [0.4, 0.5) is 0 Å². The SMILES string of the molecule is COCCOCCC(=O)N1CCC[C@H]1C(=O)N[C@@H](CC(C)C)C(=O)C[C@@H](Cc1cncn1CCCCCCCc1ccccc1)C(=O)N[C@@H](CO)C(=O)C[C@H](C(N)=O)[C@@H](C)OP(=O)(O)O. The number of imidazole rings is 1. The smallest absolute Gasteiger partial charge is 0.394 e. The van der Waals surface area contributed by atoms with Crippen LogP contribution in [0.1, 0.15) is 103 Å². The van der Waals surface area contributed by atoms with Crippen LogP contribution in [0.3, 0.4) is 0 Å². The number of aliphatic hydroxyl groups excluding tert-OH is 1. The van der Waals surface area contributed by atoms with Crippen molar-refractivity contribution in [2.45, 2.75) is 135 Å². The molecule has 1 fully saturated rings. The maximum absolute atomic E-state index is 14.3. The average Bonchev–Trinajstić information content (AvgIpc) is 3.93. The summed E-state index contributed by atoms with van der Waals surface area (Å²) >= 11 is 0. The first-order valence-electron chi connectivity index (χ1n) is 22.6. The minimum absolute atomic E-state index is 0.00222. The predicted molar refractivity (Wildman–Crippen MR) is 240 cm³/mol. The lowest BCUT2D eigenvalue weighted by atomic mass is 9.89. The van der Waals surface area contributed by atoms with Gasteiger partial charge in [0.05, 0.1) is 63.2 Å². The molecule has 7 N–H and O–H groups in total. The van der Waals surface area contributed by atoms with E-state index in [-0.39, 0.29) is 44.1 Å². The molecule has 0 unspecified atom stereocenters. The molecular weight excluding hydrogens is 863 g/mol. The molecular formula is C45H71N6O13P. The molecule has 2 heterocycles. The van der Waals surface area contributed by atoms with Crippen LogP contribution < -0.4 is 16.4 Å². The fourth-order valence-corrected chi connectivity index (χ4v) is 8.54. The van der Waals surface area contributed by atoms with E-state index >= 15 is 0 Å². The molecule has 1 saturated heterocycles. The second-order valence-corrected chi connectivity index (χ2v) is 18.4. The number of rotatable bonds is 33. The van der Waals surface area contributed by atoms with E-state index in [1.54, 1.807) is 19.6 Å². The first kappa shape index (κ1) is 55.0. The highest BCUT2D eigenvalue weighted by Gasteiger charge is 2.38. The van der Waals surface area contributed by atoms with Crippen molar-refractivity contribution in [3.05, 3.63) is 54.1 Å². The number of benzene rings is 1. The number of Topliss-reactive ketones (excluding diaryl/α,β-unsaturated/α-hetero) is 2. The number of amides is 4. The zero-order valence-electron chi connectivity index (χ0n) is 38.3. The largest absolute Gasteiger partial charge is 0.469 e. The number of nitrogens with zero attached hydrogens (tertiary/aromatic N) is 3. The summed E-state index contributed by atoms with van der Waals surface area (Å²) in [5.41, 5.74) is 7.39. The van der Waals surface area contributed by atoms with Gasteiger partial charge in [-0.05, 0) is 56.9 Å². The third-order valence-corrected chi connectivity index (χ3v) is 12.1. The highest BCUT2D eigenvalue weighted by molar-refractivity contribution is 7.46. The molecule has 4 amide bonds. The Hall–Kier alpha value is -4.36. The van der Waals surface area contributed by atoms with Crippen LogP contribution in [-0.2, 0) is 66.7 Å². The van der Waals surface area contributed by atoms with Crippen LogP contribution in [0.25, 0.3) is 0 Å². The number of aryl methyl sites for hydroxylation is 2. The molecule has 19 nitrogen and oxygen atoms in total. The molecule has 2 aromatic rings. The number of carbonyl (C=O) groups is 6. The van der Waals surface area contributed by atoms with Crippen molar-refractivity contribution in [1.29, 1.82) is 0 Å². The number of phosphoric acid groups is 1. The van der Waals surface area contributed by atoms with Gasteiger partial charge >= 0.3 is 7.82 Å². The highest BCUT2D eigenvalue weighted by atomic mass is 31.2. The molecule has 364 valence electrons. The third kappa shape index (κ3) is 20.0. The van der Waals surface area contributed by atoms with Gasteiger partial charge in [-0.2, -0.15) is 0 Å². The number of hydrogen-bond donors (Lipinski definition) is 6. The lowest BCUT2D eigenvalue weighted by molar-refractivity contribution is -0.140. The van der Waals surface area contributed by atoms with Crippen molar-refractivity contribution in [2.75, 3.05) is 40.1 Å². The van der Waals surface area contributed by atoms with Gasteiger partial charge < -0.3 is 50.2 Å². The molecule has 0 aliphatic carbocycles. The number of methoxy groups -OCH3 is 1. The molecule has 0 saturated carbocycles. The van der Waals surface area contributed by atoms with Gasteiger partial charge in [0, 0.05) is 51.4 Å². The second-order valence-electron chi connectivity index (χ2n) is 17.2. The molecule has 1 aliphatic rings. The topological polar surface area (TPSA) is 279 Å². The monoisotopic (exact) mass is 934 g/mol. The van der Waals surface area contributed by atoms with Crippen LogP contribution in [0.5, 0.6) is 0 Å². The van der Waals surface area contributed by atoms with E-state index < -0.39 is 86.2 Å². The Morgan fingerprint density at radius 3 is 2.28 bits per heavy atom. The minimum atomic E-state index is -5.07. The number of aliphatic hydroxyl groups is 1. The fourth-order valence-electron chi connectivity index (χ4n) is 7.96. The number of ether oxygens (including phenoxy) is 2. The Morgan fingerprint density at radius 2 is 1.62 bits per heavy atom. The quantitative estimate of drug-likeness (QED) is 0.0444. The summed E-state index contributed by atoms with van der Waals surface area (Å²) in [7, 11) is -3.53. The summed E-state index contributed by atoms with van der Waals surface area (Å²) in [6.45, 7) is 5.86. The minimum Gasteiger partial charge on any atom is -0.394 e. The van der Waals surface area contributed by atoms with Crippen LogP contribution >= 0.6 is 7.82 Å². The van der Waals surface area contributed by atoms with E-state index in [9.17, 15) is 48.2 Å². The van der Waals surface area contributed by atoms with E-state index in [4.69, 9.17) is 15.2 Å². The zero-order chi connectivity index (χ0) is 47.9. The molecule has 65 heavy (non-hydrogen) atoms. The molecule has 0 radical (unpaired) electrons. The van der Waals surface area contributed by atoms with Gasteiger partial charge in [-0.15, -0.1) is 0 Å². The standard InChI is InChI=1S/C45H71N6O13P/c1-31(2)24-37(48-45(58)39-17-13-20-51(39)42(55)18-21-63-23-22-62-4)40(53)26-34(44(57)49-38(29-52)41(54)27-36(43(46)56)32(3)64-65(59,60)61)25-35-28-47-30-50(35)19-12-7-5-6-9-14-33-15-10-8-11-16-33/h8,10-11,15-16,28,30-32,34,36-39,52H,5-7,9,12-14,17-27,29H2,1-4H3,(H2,46,56)(H,48,58)(H,49,57)(H2,59,60,61)/t32-,34-,36+,37+,38+,39+/m1/s1. The third-order valence-electron chi connectivity index (χ3n) is 11.5. The lowest BCUT2D eigenvalue weighted by Crippen LogP contribution is -2.52. The number of nitrogens with two attached hydrogens (primary N) is 1. The van der Waals surface area contributed by atoms with E-state index in [0.717, 1.165) is 45.4 Å².